The number of hydrogen-bond donors (Lipinski definition) is 0. The maximum Gasteiger partial charge on any atom is 0.337 e. The second kappa shape index (κ2) is 12.6. The molecular formula is C28H30F2N2O6S. The van der Waals surface area contributed by atoms with Crippen molar-refractivity contribution in [2.45, 2.75) is 17.6 Å². The summed E-state index contributed by atoms with van der Waals surface area (Å²) in [5.41, 5.74) is 2.20. The number of ether oxygens (including phenoxy) is 3. The van der Waals surface area contributed by atoms with Crippen LogP contribution in [-0.2, 0) is 26.1 Å². The first kappa shape index (κ1) is 28.6. The third kappa shape index (κ3) is 6.99. The van der Waals surface area contributed by atoms with Crippen LogP contribution in [0, 0.1) is 11.6 Å². The first-order valence-corrected chi connectivity index (χ1v) is 13.8. The van der Waals surface area contributed by atoms with Gasteiger partial charge in [0.25, 0.3) is 0 Å². The van der Waals surface area contributed by atoms with Crippen LogP contribution in [0.3, 0.4) is 0 Å². The maximum absolute atomic E-state index is 14.2. The number of rotatable bonds is 10. The highest BCUT2D eigenvalue weighted by Crippen LogP contribution is 2.26. The lowest BCUT2D eigenvalue weighted by Gasteiger charge is -2.36. The van der Waals surface area contributed by atoms with Crippen LogP contribution in [-0.4, -0.2) is 70.5 Å². The molecule has 3 aromatic carbocycles. The summed E-state index contributed by atoms with van der Waals surface area (Å²) in [4.78, 5) is 13.3. The predicted molar refractivity (Wildman–Crippen MR) is 140 cm³/mol. The lowest BCUT2D eigenvalue weighted by Crippen LogP contribution is -2.49. The monoisotopic (exact) mass is 560 g/mol. The van der Waals surface area contributed by atoms with Crippen molar-refractivity contribution in [3.63, 3.8) is 0 Å². The van der Waals surface area contributed by atoms with Gasteiger partial charge in [0, 0.05) is 38.8 Å². The van der Waals surface area contributed by atoms with E-state index in [1.807, 2.05) is 24.3 Å². The highest BCUT2D eigenvalue weighted by molar-refractivity contribution is 7.89. The normalized spacial score (nSPS) is 15.6. The van der Waals surface area contributed by atoms with Gasteiger partial charge in [-0.25, -0.2) is 22.0 Å². The zero-order valence-corrected chi connectivity index (χ0v) is 22.5. The molecule has 0 aromatic heterocycles. The Labute approximate surface area is 226 Å². The van der Waals surface area contributed by atoms with E-state index >= 15 is 0 Å². The molecule has 1 unspecified atom stereocenters. The molecule has 11 heteroatoms. The van der Waals surface area contributed by atoms with E-state index in [-0.39, 0.29) is 25.8 Å². The fourth-order valence-corrected chi connectivity index (χ4v) is 5.83. The molecule has 208 valence electrons. The van der Waals surface area contributed by atoms with E-state index in [2.05, 4.69) is 4.90 Å². The third-order valence-electron chi connectivity index (χ3n) is 6.56. The van der Waals surface area contributed by atoms with Crippen LogP contribution >= 0.6 is 0 Å². The van der Waals surface area contributed by atoms with Crippen molar-refractivity contribution in [3.05, 3.63) is 95.1 Å². The van der Waals surface area contributed by atoms with Crippen molar-refractivity contribution >= 4 is 16.0 Å². The SMILES string of the molecule is COC(=O)c1ccc(COC(CN2CCN(S(=O)(=O)c3ccc(F)cc3F)CC2)c2cccc(OC)c2)cc1. The molecule has 1 fully saturated rings. The van der Waals surface area contributed by atoms with E-state index in [0.29, 0.717) is 37.0 Å². The summed E-state index contributed by atoms with van der Waals surface area (Å²) in [7, 11) is -1.18. The molecule has 0 spiro atoms. The number of sulfonamides is 1. The Bertz CT molecular complexity index is 1390. The molecule has 4 rings (SSSR count). The lowest BCUT2D eigenvalue weighted by molar-refractivity contribution is 0.00760. The van der Waals surface area contributed by atoms with E-state index in [1.165, 1.54) is 11.4 Å². The minimum absolute atomic E-state index is 0.152. The van der Waals surface area contributed by atoms with Gasteiger partial charge in [0.2, 0.25) is 10.0 Å². The van der Waals surface area contributed by atoms with Crippen molar-refractivity contribution in [1.29, 1.82) is 0 Å². The van der Waals surface area contributed by atoms with Gasteiger partial charge in [-0.2, -0.15) is 4.31 Å². The maximum atomic E-state index is 14.2. The molecule has 0 saturated carbocycles. The fourth-order valence-electron chi connectivity index (χ4n) is 4.36. The zero-order chi connectivity index (χ0) is 28.0. The minimum atomic E-state index is -4.10. The van der Waals surface area contributed by atoms with Crippen molar-refractivity contribution in [2.24, 2.45) is 0 Å². The Balaban J connectivity index is 1.44. The number of nitrogens with zero attached hydrogens (tertiary/aromatic N) is 2. The number of halogens is 2. The van der Waals surface area contributed by atoms with E-state index in [9.17, 15) is 22.0 Å². The van der Waals surface area contributed by atoms with Gasteiger partial charge in [-0.15, -0.1) is 0 Å². The summed E-state index contributed by atoms with van der Waals surface area (Å²) in [6.07, 6.45) is -0.363. The molecule has 1 aliphatic rings. The van der Waals surface area contributed by atoms with Gasteiger partial charge >= 0.3 is 5.97 Å². The minimum Gasteiger partial charge on any atom is -0.497 e. The van der Waals surface area contributed by atoms with Crippen LogP contribution in [0.25, 0.3) is 0 Å². The molecule has 1 heterocycles. The number of piperazine rings is 1. The van der Waals surface area contributed by atoms with Crippen LogP contribution in [0.2, 0.25) is 0 Å². The molecule has 1 saturated heterocycles. The Morgan fingerprint density at radius 3 is 2.31 bits per heavy atom. The molecule has 1 aliphatic heterocycles. The summed E-state index contributed by atoms with van der Waals surface area (Å²) in [6.45, 7) is 1.87. The number of carbonyl (C=O) groups excluding carboxylic acids is 1. The van der Waals surface area contributed by atoms with Crippen LogP contribution in [0.4, 0.5) is 8.78 Å². The standard InChI is InChI=1S/C28H30F2N2O6S/c1-36-24-5-3-4-22(16-24)26(38-19-20-6-8-21(9-7-20)28(33)37-2)18-31-12-14-32(15-13-31)39(34,35)27-11-10-23(29)17-25(27)30/h3-11,16-17,26H,12-15,18-19H2,1-2H3. The number of benzene rings is 3. The zero-order valence-electron chi connectivity index (χ0n) is 21.7. The van der Waals surface area contributed by atoms with Crippen molar-refractivity contribution in [2.75, 3.05) is 46.9 Å². The molecule has 3 aromatic rings. The van der Waals surface area contributed by atoms with Crippen molar-refractivity contribution in [3.8, 4) is 5.75 Å². The first-order valence-electron chi connectivity index (χ1n) is 12.3. The molecule has 0 radical (unpaired) electrons. The van der Waals surface area contributed by atoms with E-state index < -0.39 is 32.5 Å². The van der Waals surface area contributed by atoms with Crippen LogP contribution in [0.5, 0.6) is 5.75 Å². The summed E-state index contributed by atoms with van der Waals surface area (Å²) >= 11 is 0. The average Bonchev–Trinajstić information content (AvgIpc) is 2.95. The summed E-state index contributed by atoms with van der Waals surface area (Å²) in [6, 6.07) is 16.9. The van der Waals surface area contributed by atoms with E-state index in [0.717, 1.165) is 23.3 Å². The molecule has 1 atom stereocenters. The topological polar surface area (TPSA) is 85.4 Å². The highest BCUT2D eigenvalue weighted by Gasteiger charge is 2.31. The lowest BCUT2D eigenvalue weighted by atomic mass is 10.1. The van der Waals surface area contributed by atoms with Crippen molar-refractivity contribution < 1.29 is 36.2 Å². The number of carbonyl (C=O) groups is 1. The Morgan fingerprint density at radius 1 is 0.949 bits per heavy atom. The Kier molecular flexibility index (Phi) is 9.28. The molecule has 0 N–H and O–H groups in total. The van der Waals surface area contributed by atoms with Crippen LogP contribution < -0.4 is 4.74 Å². The summed E-state index contributed by atoms with van der Waals surface area (Å²) in [5, 5.41) is 0. The third-order valence-corrected chi connectivity index (χ3v) is 8.49. The molecule has 8 nitrogen and oxygen atoms in total. The Hall–Kier alpha value is -3.38. The van der Waals surface area contributed by atoms with Gasteiger partial charge < -0.3 is 14.2 Å². The average molecular weight is 561 g/mol. The molecule has 0 bridgehead atoms. The molecular weight excluding hydrogens is 530 g/mol. The molecule has 0 amide bonds. The van der Waals surface area contributed by atoms with E-state index in [4.69, 9.17) is 14.2 Å². The number of hydrogen-bond acceptors (Lipinski definition) is 7. The van der Waals surface area contributed by atoms with Gasteiger partial charge in [-0.3, -0.25) is 4.90 Å². The van der Waals surface area contributed by atoms with Crippen LogP contribution in [0.15, 0.2) is 71.6 Å². The smallest absolute Gasteiger partial charge is 0.337 e. The van der Waals surface area contributed by atoms with E-state index in [1.54, 1.807) is 31.4 Å². The quantitative estimate of drug-likeness (QED) is 0.346. The van der Waals surface area contributed by atoms with Gasteiger partial charge in [-0.1, -0.05) is 24.3 Å². The Morgan fingerprint density at radius 2 is 1.67 bits per heavy atom. The second-order valence-corrected chi connectivity index (χ2v) is 11.0. The van der Waals surface area contributed by atoms with Gasteiger partial charge in [-0.05, 0) is 47.5 Å². The van der Waals surface area contributed by atoms with Crippen molar-refractivity contribution in [1.82, 2.24) is 9.21 Å². The largest absolute Gasteiger partial charge is 0.497 e. The van der Waals surface area contributed by atoms with Gasteiger partial charge in [0.05, 0.1) is 32.5 Å². The van der Waals surface area contributed by atoms with Crippen LogP contribution in [0.1, 0.15) is 27.6 Å². The number of esters is 1. The first-order chi connectivity index (χ1) is 18.7. The second-order valence-electron chi connectivity index (χ2n) is 9.04. The predicted octanol–water partition coefficient (Wildman–Crippen LogP) is 4.02. The molecule has 39 heavy (non-hydrogen) atoms. The summed E-state index contributed by atoms with van der Waals surface area (Å²) < 4.78 is 71.0. The van der Waals surface area contributed by atoms with Gasteiger partial charge in [0.15, 0.2) is 0 Å². The highest BCUT2D eigenvalue weighted by atomic mass is 32.2. The summed E-state index contributed by atoms with van der Waals surface area (Å²) in [5.74, 6) is -1.68. The number of methoxy groups -OCH3 is 2. The molecule has 0 aliphatic carbocycles. The fraction of sp³-hybridized carbons (Fsp3) is 0.321. The van der Waals surface area contributed by atoms with Gasteiger partial charge in [0.1, 0.15) is 22.3 Å².